The first-order valence-corrected chi connectivity index (χ1v) is 6.10. The van der Waals surface area contributed by atoms with Gasteiger partial charge in [0.1, 0.15) is 11.5 Å². The maximum atomic E-state index is 5.64. The quantitative estimate of drug-likeness (QED) is 0.738. The minimum atomic E-state index is 0.421. The van der Waals surface area contributed by atoms with Gasteiger partial charge in [-0.1, -0.05) is 20.3 Å². The lowest BCUT2D eigenvalue weighted by atomic mass is 10.2. The van der Waals surface area contributed by atoms with Crippen molar-refractivity contribution in [1.82, 2.24) is 5.32 Å². The van der Waals surface area contributed by atoms with Crippen LogP contribution in [-0.4, -0.2) is 19.8 Å². The van der Waals surface area contributed by atoms with Crippen LogP contribution in [0.15, 0.2) is 16.5 Å². The smallest absolute Gasteiger partial charge is 0.117 e. The minimum Gasteiger partial charge on any atom is -0.465 e. The lowest BCUT2D eigenvalue weighted by Gasteiger charge is -2.16. The number of aryl methyl sites for hydroxylation is 1. The summed E-state index contributed by atoms with van der Waals surface area (Å²) in [5.74, 6) is 2.06. The van der Waals surface area contributed by atoms with E-state index in [9.17, 15) is 0 Å². The van der Waals surface area contributed by atoms with Crippen LogP contribution in [-0.2, 0) is 17.7 Å². The molecule has 1 unspecified atom stereocenters. The molecule has 0 fully saturated rings. The van der Waals surface area contributed by atoms with Gasteiger partial charge in [0.15, 0.2) is 0 Å². The Bertz CT molecular complexity index is 277. The van der Waals surface area contributed by atoms with E-state index in [2.05, 4.69) is 19.2 Å². The second-order valence-corrected chi connectivity index (χ2v) is 4.04. The van der Waals surface area contributed by atoms with E-state index in [-0.39, 0.29) is 0 Å². The summed E-state index contributed by atoms with van der Waals surface area (Å²) in [7, 11) is 1.74. The van der Waals surface area contributed by atoms with Crippen LogP contribution in [0.1, 0.15) is 38.2 Å². The van der Waals surface area contributed by atoms with Crippen LogP contribution in [0.2, 0.25) is 0 Å². The van der Waals surface area contributed by atoms with Crippen LogP contribution in [0.25, 0.3) is 0 Å². The van der Waals surface area contributed by atoms with Crippen LogP contribution in [0.3, 0.4) is 0 Å². The zero-order chi connectivity index (χ0) is 11.8. The number of ether oxygens (including phenoxy) is 1. The summed E-state index contributed by atoms with van der Waals surface area (Å²) >= 11 is 0. The number of hydrogen-bond acceptors (Lipinski definition) is 3. The number of hydrogen-bond donors (Lipinski definition) is 1. The van der Waals surface area contributed by atoms with Gasteiger partial charge >= 0.3 is 0 Å². The van der Waals surface area contributed by atoms with Crippen molar-refractivity contribution in [2.75, 3.05) is 13.7 Å². The molecule has 0 radical (unpaired) electrons. The van der Waals surface area contributed by atoms with Crippen LogP contribution in [0.4, 0.5) is 0 Å². The predicted octanol–water partition coefficient (Wildman–Crippen LogP) is 2.75. The molecular formula is C13H23NO2. The van der Waals surface area contributed by atoms with Crippen LogP contribution in [0.5, 0.6) is 0 Å². The van der Waals surface area contributed by atoms with Gasteiger partial charge in [0.2, 0.25) is 0 Å². The molecule has 3 heteroatoms. The largest absolute Gasteiger partial charge is 0.465 e. The Labute approximate surface area is 98.2 Å². The van der Waals surface area contributed by atoms with Gasteiger partial charge in [0.05, 0.1) is 13.2 Å². The second-order valence-electron chi connectivity index (χ2n) is 4.04. The predicted molar refractivity (Wildman–Crippen MR) is 65.5 cm³/mol. The highest BCUT2D eigenvalue weighted by Crippen LogP contribution is 2.08. The average Bonchev–Trinajstić information content (AvgIpc) is 2.74. The lowest BCUT2D eigenvalue weighted by Crippen LogP contribution is -2.32. The van der Waals surface area contributed by atoms with E-state index in [1.807, 2.05) is 12.1 Å². The fourth-order valence-corrected chi connectivity index (χ4v) is 1.75. The molecule has 0 bridgehead atoms. The Morgan fingerprint density at radius 3 is 2.62 bits per heavy atom. The van der Waals surface area contributed by atoms with Crippen molar-refractivity contribution in [3.05, 3.63) is 23.7 Å². The highest BCUT2D eigenvalue weighted by molar-refractivity contribution is 5.06. The monoisotopic (exact) mass is 225 g/mol. The molecule has 1 heterocycles. The zero-order valence-electron chi connectivity index (χ0n) is 10.6. The van der Waals surface area contributed by atoms with E-state index in [4.69, 9.17) is 9.15 Å². The fourth-order valence-electron chi connectivity index (χ4n) is 1.75. The molecule has 1 atom stereocenters. The molecule has 0 saturated carbocycles. The summed E-state index contributed by atoms with van der Waals surface area (Å²) in [5.41, 5.74) is 0. The average molecular weight is 225 g/mol. The Balaban J connectivity index is 2.35. The van der Waals surface area contributed by atoms with Gasteiger partial charge in [0.25, 0.3) is 0 Å². The molecule has 0 aromatic carbocycles. The molecule has 3 nitrogen and oxygen atoms in total. The van der Waals surface area contributed by atoms with Gasteiger partial charge in [-0.15, -0.1) is 0 Å². The van der Waals surface area contributed by atoms with E-state index in [1.54, 1.807) is 7.11 Å². The normalized spacial score (nSPS) is 12.9. The van der Waals surface area contributed by atoms with Gasteiger partial charge < -0.3 is 14.5 Å². The van der Waals surface area contributed by atoms with E-state index in [0.717, 1.165) is 37.5 Å². The summed E-state index contributed by atoms with van der Waals surface area (Å²) < 4.78 is 10.8. The zero-order valence-corrected chi connectivity index (χ0v) is 10.6. The number of furan rings is 1. The molecule has 92 valence electrons. The van der Waals surface area contributed by atoms with E-state index in [1.165, 1.54) is 6.42 Å². The Morgan fingerprint density at radius 1 is 1.31 bits per heavy atom. The molecule has 0 aliphatic rings. The van der Waals surface area contributed by atoms with Crippen molar-refractivity contribution in [2.24, 2.45) is 0 Å². The van der Waals surface area contributed by atoms with Crippen LogP contribution in [0, 0.1) is 0 Å². The molecule has 16 heavy (non-hydrogen) atoms. The SMILES string of the molecule is CCCC(COC)NCc1ccc(CC)o1. The van der Waals surface area contributed by atoms with Gasteiger partial charge in [-0.05, 0) is 18.6 Å². The fraction of sp³-hybridized carbons (Fsp3) is 0.692. The first kappa shape index (κ1) is 13.3. The lowest BCUT2D eigenvalue weighted by molar-refractivity contribution is 0.160. The van der Waals surface area contributed by atoms with Crippen LogP contribution >= 0.6 is 0 Å². The van der Waals surface area contributed by atoms with E-state index < -0.39 is 0 Å². The third kappa shape index (κ3) is 4.37. The molecule has 1 rings (SSSR count). The van der Waals surface area contributed by atoms with Gasteiger partial charge in [-0.25, -0.2) is 0 Å². The Hall–Kier alpha value is -0.800. The van der Waals surface area contributed by atoms with Crippen molar-refractivity contribution < 1.29 is 9.15 Å². The third-order valence-electron chi connectivity index (χ3n) is 2.64. The van der Waals surface area contributed by atoms with Crippen molar-refractivity contribution in [2.45, 2.75) is 45.7 Å². The highest BCUT2D eigenvalue weighted by Gasteiger charge is 2.07. The van der Waals surface area contributed by atoms with Gasteiger partial charge in [-0.2, -0.15) is 0 Å². The maximum absolute atomic E-state index is 5.64. The molecule has 1 aromatic heterocycles. The molecule has 0 saturated heterocycles. The summed E-state index contributed by atoms with van der Waals surface area (Å²) in [6.45, 7) is 5.83. The molecule has 1 aromatic rings. The van der Waals surface area contributed by atoms with Crippen molar-refractivity contribution in [3.63, 3.8) is 0 Å². The highest BCUT2D eigenvalue weighted by atomic mass is 16.5. The number of rotatable bonds is 8. The van der Waals surface area contributed by atoms with Gasteiger partial charge in [0, 0.05) is 19.6 Å². The van der Waals surface area contributed by atoms with E-state index >= 15 is 0 Å². The third-order valence-corrected chi connectivity index (χ3v) is 2.64. The number of nitrogens with one attached hydrogen (secondary N) is 1. The van der Waals surface area contributed by atoms with E-state index in [0.29, 0.717) is 6.04 Å². The standard InChI is InChI=1S/C13H23NO2/c1-4-6-11(10-15-3)14-9-13-8-7-12(5-2)16-13/h7-8,11,14H,4-6,9-10H2,1-3H3. The van der Waals surface area contributed by atoms with Gasteiger partial charge in [-0.3, -0.25) is 0 Å². The first-order valence-electron chi connectivity index (χ1n) is 6.10. The molecule has 0 spiro atoms. The summed E-state index contributed by atoms with van der Waals surface area (Å²) in [6.07, 6.45) is 3.25. The van der Waals surface area contributed by atoms with Crippen molar-refractivity contribution in [1.29, 1.82) is 0 Å². The Kier molecular flexibility index (Phi) is 6.19. The summed E-state index contributed by atoms with van der Waals surface area (Å²) in [4.78, 5) is 0. The van der Waals surface area contributed by atoms with Crippen molar-refractivity contribution >= 4 is 0 Å². The molecule has 0 aliphatic heterocycles. The van der Waals surface area contributed by atoms with Crippen molar-refractivity contribution in [3.8, 4) is 0 Å². The molecule has 0 amide bonds. The molecule has 1 N–H and O–H groups in total. The summed E-state index contributed by atoms with van der Waals surface area (Å²) in [5, 5.41) is 3.46. The summed E-state index contributed by atoms with van der Waals surface area (Å²) in [6, 6.07) is 4.51. The topological polar surface area (TPSA) is 34.4 Å². The Morgan fingerprint density at radius 2 is 2.06 bits per heavy atom. The minimum absolute atomic E-state index is 0.421. The maximum Gasteiger partial charge on any atom is 0.117 e. The second kappa shape index (κ2) is 7.47. The number of methoxy groups -OCH3 is 1. The first-order chi connectivity index (χ1) is 7.80. The van der Waals surface area contributed by atoms with Crippen LogP contribution < -0.4 is 5.32 Å². The molecule has 0 aliphatic carbocycles. The molecular weight excluding hydrogens is 202 g/mol.